The third kappa shape index (κ3) is 1.81. The molecule has 0 N–H and O–H groups in total. The van der Waals surface area contributed by atoms with E-state index in [1.54, 1.807) is 0 Å². The molecule has 0 saturated heterocycles. The molecule has 0 nitrogen and oxygen atoms in total. The Morgan fingerprint density at radius 1 is 1.09 bits per heavy atom. The first kappa shape index (κ1) is 7.72. The second-order valence-electron chi connectivity index (χ2n) is 3.32. The van der Waals surface area contributed by atoms with Crippen LogP contribution in [0.5, 0.6) is 0 Å². The number of rotatable bonds is 1. The van der Waals surface area contributed by atoms with Gasteiger partial charge in [0.15, 0.2) is 0 Å². The summed E-state index contributed by atoms with van der Waals surface area (Å²) in [5.41, 5.74) is 0. The van der Waals surface area contributed by atoms with Crippen molar-refractivity contribution in [2.24, 2.45) is 0 Å². The van der Waals surface area contributed by atoms with Crippen LogP contribution in [0.25, 0.3) is 0 Å². The van der Waals surface area contributed by atoms with Crippen molar-refractivity contribution in [3.05, 3.63) is 29.2 Å². The van der Waals surface area contributed by atoms with Crippen LogP contribution in [-0.2, 0) is 0 Å². The Hall–Kier alpha value is 0.0901. The van der Waals surface area contributed by atoms with E-state index in [4.69, 9.17) is 0 Å². The van der Waals surface area contributed by atoms with Crippen molar-refractivity contribution in [1.82, 2.24) is 0 Å². The average Bonchev–Trinajstić information content (AvgIpc) is 2.58. The summed E-state index contributed by atoms with van der Waals surface area (Å²) in [5.74, 6) is 0. The van der Waals surface area contributed by atoms with Gasteiger partial charge in [0.25, 0.3) is 0 Å². The number of allylic oxidation sites excluding steroid dienone is 4. The van der Waals surface area contributed by atoms with Crippen molar-refractivity contribution in [3.8, 4) is 0 Å². The van der Waals surface area contributed by atoms with Gasteiger partial charge >= 0.3 is 76.3 Å². The summed E-state index contributed by atoms with van der Waals surface area (Å²) in [6.07, 6.45) is 12.6. The Kier molecular flexibility index (Phi) is 2.57. The van der Waals surface area contributed by atoms with E-state index >= 15 is 0 Å². The zero-order chi connectivity index (χ0) is 7.52. The molecule has 1 aliphatic heterocycles. The van der Waals surface area contributed by atoms with Crippen molar-refractivity contribution in [1.29, 1.82) is 0 Å². The van der Waals surface area contributed by atoms with Crippen LogP contribution >= 0.6 is 0 Å². The Labute approximate surface area is 76.2 Å². The van der Waals surface area contributed by atoms with Gasteiger partial charge in [0.1, 0.15) is 0 Å². The van der Waals surface area contributed by atoms with E-state index < -0.39 is 21.4 Å². The molecular weight excluding hydrogens is 235 g/mol. The van der Waals surface area contributed by atoms with Crippen LogP contribution in [-0.4, -0.2) is 21.4 Å². The molecule has 0 aromatic rings. The molecule has 1 aliphatic carbocycles. The molecule has 11 heavy (non-hydrogen) atoms. The van der Waals surface area contributed by atoms with Gasteiger partial charge in [-0.1, -0.05) is 0 Å². The van der Waals surface area contributed by atoms with Gasteiger partial charge < -0.3 is 0 Å². The molecule has 0 atom stereocenters. The average molecular weight is 248 g/mol. The van der Waals surface area contributed by atoms with Crippen LogP contribution in [0.3, 0.4) is 0 Å². The number of hydrogen-bond donors (Lipinski definition) is 0. The van der Waals surface area contributed by atoms with Gasteiger partial charge in [-0.05, 0) is 0 Å². The fourth-order valence-corrected chi connectivity index (χ4v) is 8.51. The van der Waals surface area contributed by atoms with Gasteiger partial charge in [-0.3, -0.25) is 0 Å². The van der Waals surface area contributed by atoms with Crippen LogP contribution in [0.15, 0.2) is 29.2 Å². The van der Waals surface area contributed by atoms with Gasteiger partial charge in [0.05, 0.1) is 0 Å². The van der Waals surface area contributed by atoms with Gasteiger partial charge in [0.2, 0.25) is 0 Å². The molecule has 2 aliphatic rings. The number of hydrogen-bond acceptors (Lipinski definition) is 0. The van der Waals surface area contributed by atoms with E-state index in [1.165, 1.54) is 25.7 Å². The molecule has 0 amide bonds. The van der Waals surface area contributed by atoms with Crippen molar-refractivity contribution < 1.29 is 0 Å². The normalized spacial score (nSPS) is 22.5. The minimum absolute atomic E-state index is 1.33. The Morgan fingerprint density at radius 3 is 2.55 bits per heavy atom. The van der Waals surface area contributed by atoms with E-state index in [0.717, 1.165) is 0 Å². The SMILES string of the molecule is C1=[CH][In]([C]2=CCCCC2)[CH]=C1. The van der Waals surface area contributed by atoms with Crippen molar-refractivity contribution in [2.45, 2.75) is 25.7 Å². The molecule has 0 saturated carbocycles. The summed E-state index contributed by atoms with van der Waals surface area (Å²) in [4.78, 5) is 0. The van der Waals surface area contributed by atoms with Crippen molar-refractivity contribution in [2.75, 3.05) is 0 Å². The Bertz CT molecular complexity index is 211. The molecule has 0 aromatic heterocycles. The second-order valence-corrected chi connectivity index (χ2v) is 10.6. The van der Waals surface area contributed by atoms with Gasteiger partial charge in [0, 0.05) is 0 Å². The molecule has 0 unspecified atom stereocenters. The molecule has 1 heterocycles. The van der Waals surface area contributed by atoms with Crippen LogP contribution in [0.4, 0.5) is 0 Å². The molecule has 1 heteroatoms. The van der Waals surface area contributed by atoms with Gasteiger partial charge in [-0.25, -0.2) is 0 Å². The van der Waals surface area contributed by atoms with E-state index in [9.17, 15) is 0 Å². The first-order valence-electron chi connectivity index (χ1n) is 4.51. The summed E-state index contributed by atoms with van der Waals surface area (Å²) < 4.78 is 6.85. The summed E-state index contributed by atoms with van der Waals surface area (Å²) in [7, 11) is 0. The monoisotopic (exact) mass is 248 g/mol. The Balaban J connectivity index is 2.08. The molecule has 2 rings (SSSR count). The summed E-state index contributed by atoms with van der Waals surface area (Å²) in [5, 5.41) is 0. The predicted molar refractivity (Wildman–Crippen MR) is 50.6 cm³/mol. The Morgan fingerprint density at radius 2 is 1.91 bits per heavy atom. The molecule has 0 aromatic carbocycles. The minimum atomic E-state index is -1.33. The molecular formula is C10H13In. The van der Waals surface area contributed by atoms with E-state index in [-0.39, 0.29) is 0 Å². The molecule has 0 radical (unpaired) electrons. The van der Waals surface area contributed by atoms with E-state index in [0.29, 0.717) is 0 Å². The fraction of sp³-hybridized carbons (Fsp3) is 0.400. The maximum atomic E-state index is 2.52. The van der Waals surface area contributed by atoms with E-state index in [2.05, 4.69) is 25.9 Å². The standard InChI is InChI=1S/C6H9.C4H4.In/c1-2-4-6-5-3-1;1-3-4-2;/h1H,2,4-6H2;1-4H;. The third-order valence-electron chi connectivity index (χ3n) is 2.50. The summed E-state index contributed by atoms with van der Waals surface area (Å²) in [6, 6.07) is 0. The first-order valence-corrected chi connectivity index (χ1v) is 9.96. The van der Waals surface area contributed by atoms with Crippen molar-refractivity contribution in [3.63, 3.8) is 0 Å². The van der Waals surface area contributed by atoms with Crippen LogP contribution in [0, 0.1) is 0 Å². The second kappa shape index (κ2) is 3.66. The van der Waals surface area contributed by atoms with E-state index in [1.807, 2.05) is 3.33 Å². The zero-order valence-electron chi connectivity index (χ0n) is 6.79. The van der Waals surface area contributed by atoms with Crippen LogP contribution in [0.2, 0.25) is 0 Å². The third-order valence-corrected chi connectivity index (χ3v) is 10.1. The fourth-order valence-electron chi connectivity index (χ4n) is 1.84. The quantitative estimate of drug-likeness (QED) is 0.669. The molecule has 0 fully saturated rings. The molecule has 0 bridgehead atoms. The van der Waals surface area contributed by atoms with Crippen molar-refractivity contribution >= 4 is 21.4 Å². The van der Waals surface area contributed by atoms with Gasteiger partial charge in [-0.2, -0.15) is 0 Å². The maximum absolute atomic E-state index is 2.52. The summed E-state index contributed by atoms with van der Waals surface area (Å²) >= 11 is -1.33. The topological polar surface area (TPSA) is 0 Å². The van der Waals surface area contributed by atoms with Crippen LogP contribution in [0.1, 0.15) is 25.7 Å². The molecule has 0 spiro atoms. The molecule has 56 valence electrons. The summed E-state index contributed by atoms with van der Waals surface area (Å²) in [6.45, 7) is 0. The predicted octanol–water partition coefficient (Wildman–Crippen LogP) is 2.73. The zero-order valence-corrected chi connectivity index (χ0v) is 10.1. The first-order chi connectivity index (χ1) is 5.47. The van der Waals surface area contributed by atoms with Gasteiger partial charge in [-0.15, -0.1) is 0 Å². The van der Waals surface area contributed by atoms with Crippen LogP contribution < -0.4 is 0 Å².